The van der Waals surface area contributed by atoms with Crippen LogP contribution in [0.2, 0.25) is 0 Å². The van der Waals surface area contributed by atoms with Crippen LogP contribution in [0.3, 0.4) is 0 Å². The van der Waals surface area contributed by atoms with Gasteiger partial charge in [0.05, 0.1) is 11.0 Å². The van der Waals surface area contributed by atoms with E-state index in [-0.39, 0.29) is 6.41 Å². The molecule has 0 fully saturated rings. The number of benzene rings is 1. The van der Waals surface area contributed by atoms with Gasteiger partial charge < -0.3 is 10.7 Å². The normalized spacial score (nSPS) is 9.29. The molecule has 0 saturated carbocycles. The first-order valence-corrected chi connectivity index (χ1v) is 3.94. The molecule has 0 unspecified atom stereocenters. The maximum atomic E-state index is 12.5. The number of nitrogens with one attached hydrogen (secondary N) is 1. The number of nitrogens with two attached hydrogens (primary N) is 1. The number of primary amides is 1. The van der Waals surface area contributed by atoms with Gasteiger partial charge in [-0.1, -0.05) is 6.07 Å². The predicted octanol–water partition coefficient (Wildman–Crippen LogP) is 1.11. The smallest absolute Gasteiger partial charge is 0.287 e. The van der Waals surface area contributed by atoms with Crippen LogP contribution in [0, 0.1) is 13.0 Å². The Morgan fingerprint density at radius 1 is 1.57 bits per heavy atom. The van der Waals surface area contributed by atoms with Crippen molar-refractivity contribution in [3.8, 4) is 0 Å². The molecule has 5 heteroatoms. The van der Waals surface area contributed by atoms with Crippen molar-refractivity contribution in [3.63, 3.8) is 0 Å². The third kappa shape index (κ3) is 2.29. The van der Waals surface area contributed by atoms with Crippen LogP contribution in [0.15, 0.2) is 18.2 Å². The molecular formula is C9H10FN3O. The van der Waals surface area contributed by atoms with Crippen LogP contribution in [0.4, 0.5) is 4.39 Å². The molecule has 0 radical (unpaired) electrons. The molecule has 4 nitrogen and oxygen atoms in total. The second-order valence-corrected chi connectivity index (χ2v) is 2.68. The molecule has 0 bridgehead atoms. The lowest BCUT2D eigenvalue weighted by Gasteiger charge is -1.88. The first-order valence-electron chi connectivity index (χ1n) is 3.94. The second-order valence-electron chi connectivity index (χ2n) is 2.68. The summed E-state index contributed by atoms with van der Waals surface area (Å²) in [5, 5.41) is 0. The van der Waals surface area contributed by atoms with E-state index in [2.05, 4.69) is 15.7 Å². The molecule has 3 N–H and O–H groups in total. The molecular weight excluding hydrogens is 185 g/mol. The Morgan fingerprint density at radius 3 is 2.86 bits per heavy atom. The van der Waals surface area contributed by atoms with Gasteiger partial charge in [-0.15, -0.1) is 0 Å². The van der Waals surface area contributed by atoms with Gasteiger partial charge in [-0.05, 0) is 24.6 Å². The summed E-state index contributed by atoms with van der Waals surface area (Å²) < 4.78 is 12.5. The number of amides is 1. The number of carbonyl (C=O) groups is 1. The number of hydrogen-bond acceptors (Lipinski definition) is 2. The van der Waals surface area contributed by atoms with E-state index >= 15 is 0 Å². The largest absolute Gasteiger partial charge is 0.372 e. The van der Waals surface area contributed by atoms with Gasteiger partial charge in [0.1, 0.15) is 0 Å². The Bertz CT molecular complexity index is 439. The Labute approximate surface area is 79.9 Å². The quantitative estimate of drug-likeness (QED) is 0.618. The predicted molar refractivity (Wildman–Crippen MR) is 51.0 cm³/mol. The fraction of sp³-hybridized carbons (Fsp3) is 0.111. The molecule has 1 heterocycles. The zero-order chi connectivity index (χ0) is 10.6. The molecule has 74 valence electrons. The first-order chi connectivity index (χ1) is 6.67. The first kappa shape index (κ1) is 10.2. The van der Waals surface area contributed by atoms with E-state index in [1.807, 2.05) is 19.1 Å². The third-order valence-electron chi connectivity index (χ3n) is 1.61. The number of nitrogens with zero attached hydrogens (tertiary/aromatic N) is 1. The van der Waals surface area contributed by atoms with E-state index in [0.29, 0.717) is 5.52 Å². The summed E-state index contributed by atoms with van der Waals surface area (Å²) in [6.07, 6.45) is -0.273. The maximum absolute atomic E-state index is 12.5. The van der Waals surface area contributed by atoms with E-state index in [1.54, 1.807) is 6.07 Å². The highest BCUT2D eigenvalue weighted by Crippen LogP contribution is 2.11. The van der Waals surface area contributed by atoms with Crippen molar-refractivity contribution < 1.29 is 9.18 Å². The SMILES string of the molecule is Cc1ccc2nc(F)[nH]c2c1.NC=O. The number of carbonyl (C=O) groups excluding carboxylic acids is 1. The number of aromatic nitrogens is 2. The topological polar surface area (TPSA) is 71.8 Å². The lowest BCUT2D eigenvalue weighted by molar-refractivity contribution is -0.106. The van der Waals surface area contributed by atoms with Gasteiger partial charge in [0.25, 0.3) is 6.08 Å². The molecule has 14 heavy (non-hydrogen) atoms. The van der Waals surface area contributed by atoms with Gasteiger partial charge in [-0.25, -0.2) is 4.98 Å². The van der Waals surface area contributed by atoms with Gasteiger partial charge in [-0.2, -0.15) is 4.39 Å². The van der Waals surface area contributed by atoms with Gasteiger partial charge in [0, 0.05) is 0 Å². The van der Waals surface area contributed by atoms with Crippen molar-refractivity contribution in [2.45, 2.75) is 6.92 Å². The number of H-pyrrole nitrogens is 1. The van der Waals surface area contributed by atoms with Crippen molar-refractivity contribution in [1.82, 2.24) is 9.97 Å². The van der Waals surface area contributed by atoms with Crippen molar-refractivity contribution >= 4 is 17.4 Å². The highest BCUT2D eigenvalue weighted by Gasteiger charge is 1.99. The van der Waals surface area contributed by atoms with Crippen LogP contribution in [0.5, 0.6) is 0 Å². The minimum Gasteiger partial charge on any atom is -0.372 e. The fourth-order valence-corrected chi connectivity index (χ4v) is 1.09. The van der Waals surface area contributed by atoms with Crippen LogP contribution in [-0.2, 0) is 4.79 Å². The molecule has 1 aromatic heterocycles. The van der Waals surface area contributed by atoms with E-state index in [4.69, 9.17) is 4.79 Å². The minimum absolute atomic E-state index is 0.250. The highest BCUT2D eigenvalue weighted by atomic mass is 19.1. The average molecular weight is 195 g/mol. The highest BCUT2D eigenvalue weighted by molar-refractivity contribution is 5.75. The Balaban J connectivity index is 0.000000293. The number of halogens is 1. The molecule has 0 atom stereocenters. The standard InChI is InChI=1S/C8H7FN2.CH3NO/c1-5-2-3-6-7(4-5)11-8(9)10-6;2-1-3/h2-4H,1H3,(H,10,11);1H,(H2,2,3). The Morgan fingerprint density at radius 2 is 2.21 bits per heavy atom. The molecule has 1 aromatic carbocycles. The van der Waals surface area contributed by atoms with Crippen LogP contribution < -0.4 is 5.73 Å². The van der Waals surface area contributed by atoms with Crippen molar-refractivity contribution in [2.24, 2.45) is 5.73 Å². The lowest BCUT2D eigenvalue weighted by atomic mass is 10.2. The Hall–Kier alpha value is -1.91. The molecule has 0 aliphatic heterocycles. The lowest BCUT2D eigenvalue weighted by Crippen LogP contribution is -1.82. The van der Waals surface area contributed by atoms with Gasteiger partial charge in [0.15, 0.2) is 0 Å². The zero-order valence-corrected chi connectivity index (χ0v) is 7.62. The zero-order valence-electron chi connectivity index (χ0n) is 7.62. The molecule has 0 spiro atoms. The van der Waals surface area contributed by atoms with E-state index in [1.165, 1.54) is 0 Å². The Kier molecular flexibility index (Phi) is 3.17. The monoisotopic (exact) mass is 195 g/mol. The number of aromatic amines is 1. The molecule has 2 aromatic rings. The summed E-state index contributed by atoms with van der Waals surface area (Å²) in [5.41, 5.74) is 6.69. The number of aryl methyl sites for hydroxylation is 1. The maximum Gasteiger partial charge on any atom is 0.287 e. The second kappa shape index (κ2) is 4.36. The van der Waals surface area contributed by atoms with Gasteiger partial charge >= 0.3 is 0 Å². The minimum atomic E-state index is -0.523. The van der Waals surface area contributed by atoms with Crippen molar-refractivity contribution in [1.29, 1.82) is 0 Å². The van der Waals surface area contributed by atoms with Crippen LogP contribution >= 0.6 is 0 Å². The summed E-state index contributed by atoms with van der Waals surface area (Å²) in [6.45, 7) is 1.96. The van der Waals surface area contributed by atoms with Crippen molar-refractivity contribution in [3.05, 3.63) is 29.8 Å². The van der Waals surface area contributed by atoms with E-state index in [9.17, 15) is 4.39 Å². The fourth-order valence-electron chi connectivity index (χ4n) is 1.09. The summed E-state index contributed by atoms with van der Waals surface area (Å²) >= 11 is 0. The van der Waals surface area contributed by atoms with E-state index in [0.717, 1.165) is 11.1 Å². The number of rotatable bonds is 0. The molecule has 0 aliphatic rings. The molecule has 0 aliphatic carbocycles. The number of hydrogen-bond donors (Lipinski definition) is 2. The van der Waals surface area contributed by atoms with E-state index < -0.39 is 6.08 Å². The molecule has 2 rings (SSSR count). The average Bonchev–Trinajstić information content (AvgIpc) is 2.45. The van der Waals surface area contributed by atoms with Crippen LogP contribution in [0.25, 0.3) is 11.0 Å². The number of fused-ring (bicyclic) bond motifs is 1. The van der Waals surface area contributed by atoms with Crippen LogP contribution in [-0.4, -0.2) is 16.4 Å². The third-order valence-corrected chi connectivity index (χ3v) is 1.61. The van der Waals surface area contributed by atoms with Gasteiger partial charge in [0.2, 0.25) is 6.41 Å². The summed E-state index contributed by atoms with van der Waals surface area (Å²) in [7, 11) is 0. The summed E-state index contributed by atoms with van der Waals surface area (Å²) in [5.74, 6) is 0. The summed E-state index contributed by atoms with van der Waals surface area (Å²) in [4.78, 5) is 14.7. The van der Waals surface area contributed by atoms with Crippen LogP contribution in [0.1, 0.15) is 5.56 Å². The van der Waals surface area contributed by atoms with Crippen molar-refractivity contribution in [2.75, 3.05) is 0 Å². The summed E-state index contributed by atoms with van der Waals surface area (Å²) in [6, 6.07) is 5.57. The van der Waals surface area contributed by atoms with Gasteiger partial charge in [-0.3, -0.25) is 4.79 Å². The molecule has 0 saturated heterocycles. The number of imidazole rings is 1. The molecule has 1 amide bonds.